The molecule has 1 aromatic heterocycles. The Kier molecular flexibility index (Phi) is 7.56. The van der Waals surface area contributed by atoms with Crippen LogP contribution in [0.4, 0.5) is 17.6 Å². The summed E-state index contributed by atoms with van der Waals surface area (Å²) < 4.78 is 155. The number of nitrogens with zero attached hydrogens (tertiary/aromatic N) is 4. The van der Waals surface area contributed by atoms with Crippen LogP contribution in [0.5, 0.6) is 0 Å². The van der Waals surface area contributed by atoms with E-state index in [0.717, 1.165) is 45.5 Å². The van der Waals surface area contributed by atoms with Gasteiger partial charge in [0.15, 0.2) is 5.16 Å². The van der Waals surface area contributed by atoms with Crippen LogP contribution in [0.25, 0.3) is 11.1 Å². The lowest BCUT2D eigenvalue weighted by atomic mass is 9.97. The van der Waals surface area contributed by atoms with Crippen molar-refractivity contribution in [2.75, 3.05) is 26.1 Å². The molecule has 1 heterocycles. The van der Waals surface area contributed by atoms with E-state index in [2.05, 4.69) is 4.98 Å². The molecule has 3 aromatic carbocycles. The normalized spacial score (nSPS) is 17.4. The fourth-order valence-corrected chi connectivity index (χ4v) is 5.95. The largest absolute Gasteiger partial charge is 0.416 e. The molecule has 1 amide bonds. The van der Waals surface area contributed by atoms with E-state index in [-0.39, 0.29) is 69.7 Å². The van der Waals surface area contributed by atoms with Crippen LogP contribution >= 0.6 is 11.8 Å². The van der Waals surface area contributed by atoms with Gasteiger partial charge in [0.1, 0.15) is 12.3 Å². The Labute approximate surface area is 298 Å². The molecule has 48 heavy (non-hydrogen) atoms. The monoisotopic (exact) mass is 691 g/mol. The lowest BCUT2D eigenvalue weighted by Gasteiger charge is -2.28. The number of benzene rings is 3. The van der Waals surface area contributed by atoms with E-state index in [1.165, 1.54) is 45.0 Å². The zero-order valence-corrected chi connectivity index (χ0v) is 27.2. The van der Waals surface area contributed by atoms with Crippen molar-refractivity contribution in [3.05, 3.63) is 116 Å². The van der Waals surface area contributed by atoms with Crippen LogP contribution in [0.3, 0.4) is 0 Å². The highest BCUT2D eigenvalue weighted by atomic mass is 32.2. The van der Waals surface area contributed by atoms with Crippen LogP contribution in [0.2, 0.25) is 0 Å². The Morgan fingerprint density at radius 1 is 1.02 bits per heavy atom. The molecule has 0 unspecified atom stereocenters. The number of amides is 1. The molecule has 4 aromatic rings. The van der Waals surface area contributed by atoms with Crippen LogP contribution in [-0.4, -0.2) is 51.3 Å². The third-order valence-corrected chi connectivity index (χ3v) is 8.61. The lowest BCUT2D eigenvalue weighted by Crippen LogP contribution is -2.40. The van der Waals surface area contributed by atoms with Crippen molar-refractivity contribution in [1.82, 2.24) is 19.4 Å². The Bertz CT molecular complexity index is 2280. The van der Waals surface area contributed by atoms with Crippen LogP contribution in [0, 0.1) is 12.7 Å². The van der Waals surface area contributed by atoms with E-state index in [4.69, 9.17) is 6.85 Å². The topological polar surface area (TPSA) is 58.4 Å². The van der Waals surface area contributed by atoms with Gasteiger partial charge in [-0.2, -0.15) is 18.2 Å². The average Bonchev–Trinajstić information content (AvgIpc) is 3.64. The number of aromatic nitrogens is 2. The van der Waals surface area contributed by atoms with E-state index in [1.807, 2.05) is 0 Å². The number of likely N-dealkylation sites (N-methyl/N-ethyl adjacent to an activating group) is 1. The number of alkyl halides is 3. The molecule has 0 spiro atoms. The fraction of sp³-hybridized carbons (Fsp3) is 0.378. The van der Waals surface area contributed by atoms with E-state index in [1.54, 1.807) is 0 Å². The molecular formula is C37H40F4N4O2S. The highest BCUT2D eigenvalue weighted by Crippen LogP contribution is 2.32. The highest BCUT2D eigenvalue weighted by molar-refractivity contribution is 7.98. The van der Waals surface area contributed by atoms with E-state index < -0.39 is 78.7 Å². The minimum atomic E-state index is -4.71. The molecule has 0 radical (unpaired) electrons. The van der Waals surface area contributed by atoms with Crippen molar-refractivity contribution >= 4 is 17.7 Å². The van der Waals surface area contributed by atoms with E-state index >= 15 is 4.79 Å². The molecule has 1 aliphatic carbocycles. The van der Waals surface area contributed by atoms with Crippen molar-refractivity contribution in [3.8, 4) is 11.1 Å². The van der Waals surface area contributed by atoms with Gasteiger partial charge in [-0.15, -0.1) is 0 Å². The Morgan fingerprint density at radius 2 is 1.73 bits per heavy atom. The van der Waals surface area contributed by atoms with Crippen molar-refractivity contribution in [2.24, 2.45) is 0 Å². The predicted octanol–water partition coefficient (Wildman–Crippen LogP) is 7.53. The maximum atomic E-state index is 15.1. The second kappa shape index (κ2) is 15.5. The second-order valence-electron chi connectivity index (χ2n) is 10.8. The maximum absolute atomic E-state index is 15.1. The molecule has 6 nitrogen and oxygen atoms in total. The van der Waals surface area contributed by atoms with E-state index in [9.17, 15) is 30.6 Å². The predicted molar refractivity (Wildman–Crippen MR) is 181 cm³/mol. The second-order valence-corrected chi connectivity index (χ2v) is 11.8. The molecule has 5 rings (SSSR count). The minimum Gasteiger partial charge on any atom is -0.336 e. The number of carbonyl (C=O) groups is 1. The van der Waals surface area contributed by atoms with Crippen molar-refractivity contribution in [2.45, 2.75) is 70.1 Å². The summed E-state index contributed by atoms with van der Waals surface area (Å²) >= 11 is 0.783. The number of fused-ring (bicyclic) bond motifs is 1. The van der Waals surface area contributed by atoms with Crippen LogP contribution in [0.1, 0.15) is 68.9 Å². The summed E-state index contributed by atoms with van der Waals surface area (Å²) in [5, 5.41) is -0.376. The third-order valence-electron chi connectivity index (χ3n) is 7.60. The molecule has 11 heteroatoms. The van der Waals surface area contributed by atoms with Gasteiger partial charge in [0.25, 0.3) is 5.56 Å². The summed E-state index contributed by atoms with van der Waals surface area (Å²) in [6.07, 6.45) is -4.18. The molecule has 0 saturated heterocycles. The number of halogens is 4. The van der Waals surface area contributed by atoms with Gasteiger partial charge in [0.2, 0.25) is 5.91 Å². The van der Waals surface area contributed by atoms with Crippen molar-refractivity contribution in [1.29, 1.82) is 0 Å². The first-order valence-corrected chi connectivity index (χ1v) is 16.2. The van der Waals surface area contributed by atoms with Gasteiger partial charge in [-0.05, 0) is 91.4 Å². The molecule has 0 saturated carbocycles. The van der Waals surface area contributed by atoms with Gasteiger partial charge < -0.3 is 14.4 Å². The van der Waals surface area contributed by atoms with Gasteiger partial charge in [-0.25, -0.2) is 4.39 Å². The van der Waals surface area contributed by atoms with Crippen LogP contribution < -0.4 is 5.56 Å². The molecule has 254 valence electrons. The summed E-state index contributed by atoms with van der Waals surface area (Å²) in [6, 6.07) is 5.85. The lowest BCUT2D eigenvalue weighted by molar-refractivity contribution is -0.137. The molecule has 0 aliphatic heterocycles. The first-order chi connectivity index (χ1) is 27.3. The summed E-state index contributed by atoms with van der Waals surface area (Å²) in [5.41, 5.74) is -2.82. The van der Waals surface area contributed by atoms with E-state index in [0.29, 0.717) is 12.0 Å². The van der Waals surface area contributed by atoms with Gasteiger partial charge in [0, 0.05) is 39.2 Å². The minimum absolute atomic E-state index is 0.00493. The molecule has 0 N–H and O–H groups in total. The van der Waals surface area contributed by atoms with Gasteiger partial charge in [0.05, 0.1) is 17.9 Å². The number of rotatable bonds is 13. The third kappa shape index (κ3) is 8.54. The van der Waals surface area contributed by atoms with Crippen LogP contribution in [0.15, 0.2) is 76.6 Å². The molecule has 0 fully saturated rings. The van der Waals surface area contributed by atoms with Crippen molar-refractivity contribution in [3.63, 3.8) is 0 Å². The summed E-state index contributed by atoms with van der Waals surface area (Å²) in [5.74, 6) is -2.58. The Hall–Kier alpha value is -3.96. The quantitative estimate of drug-likeness (QED) is 0.0825. The number of carbonyl (C=O) groups excluding carboxylic acids is 1. The summed E-state index contributed by atoms with van der Waals surface area (Å²) in [7, 11) is 0. The number of thioether (sulfide) groups is 1. The smallest absolute Gasteiger partial charge is 0.336 e. The fourth-order valence-electron chi connectivity index (χ4n) is 5.03. The Morgan fingerprint density at radius 3 is 2.40 bits per heavy atom. The first-order valence-electron chi connectivity index (χ1n) is 20.7. The molecule has 1 aliphatic rings. The number of hydrogen-bond acceptors (Lipinski definition) is 5. The zero-order valence-electron chi connectivity index (χ0n) is 37.4. The Balaban J connectivity index is 1.76. The first kappa shape index (κ1) is 23.4. The van der Waals surface area contributed by atoms with Crippen LogP contribution in [-0.2, 0) is 42.6 Å². The van der Waals surface area contributed by atoms with Gasteiger partial charge in [-0.1, -0.05) is 68.0 Å². The summed E-state index contributed by atoms with van der Waals surface area (Å²) in [4.78, 5) is 32.9. The average molecular weight is 692 g/mol. The SMILES string of the molecule is [2H]c1c([2H])c(C([2H])([2H])N(C(=O)C([2H])([2H])n2c(SCc3ccc(F)cc3)nc(=O)c3c2CCC3)C([2H])([2H])C([2H])([2H])N(CC)CC)c([2H])c(C)c1-c1ccc(C(F)(F)F)cc1. The number of hydrogen-bond donors (Lipinski definition) is 0. The molecular weight excluding hydrogens is 640 g/mol. The molecule has 0 bridgehead atoms. The van der Waals surface area contributed by atoms with Crippen molar-refractivity contribution < 1.29 is 37.4 Å². The standard InChI is InChI=1S/C37H40F4N4O2S/c1-4-43(5-2)19-20-44(22-27-11-18-31(25(3)21-27)28-12-14-29(15-13-28)37(39,40)41)34(46)23-45-33-8-6-7-32(33)35(47)42-36(45)48-24-26-9-16-30(38)17-10-26/h9-18,21H,4-8,19-20,22-24H2,1-3H3/i11D,18D,19D2,20D2,21D,22D2,23D2. The summed E-state index contributed by atoms with van der Waals surface area (Å²) in [6.45, 7) is -10.7. The zero-order chi connectivity index (χ0) is 44.2. The molecule has 0 atom stereocenters. The maximum Gasteiger partial charge on any atom is 0.416 e. The van der Waals surface area contributed by atoms with Gasteiger partial charge in [-0.3, -0.25) is 9.59 Å². The highest BCUT2D eigenvalue weighted by Gasteiger charge is 2.30. The van der Waals surface area contributed by atoms with Gasteiger partial charge >= 0.3 is 6.18 Å².